The zero-order valence-electron chi connectivity index (χ0n) is 20.6. The van der Waals surface area contributed by atoms with E-state index < -0.39 is 5.66 Å². The first-order chi connectivity index (χ1) is 18.6. The van der Waals surface area contributed by atoms with Crippen molar-refractivity contribution in [3.8, 4) is 17.5 Å². The number of benzene rings is 1. The Kier molecular flexibility index (Phi) is 7.47. The molecule has 1 aromatic carbocycles. The number of pyridine rings is 1. The maximum Gasteiger partial charge on any atom is 0.325 e. The fourth-order valence-corrected chi connectivity index (χ4v) is 4.89. The molecule has 1 saturated carbocycles. The van der Waals surface area contributed by atoms with Crippen molar-refractivity contribution in [1.29, 1.82) is 5.26 Å². The molecule has 1 fully saturated rings. The molecule has 10 nitrogen and oxygen atoms in total. The van der Waals surface area contributed by atoms with Crippen LogP contribution >= 0.6 is 11.8 Å². The van der Waals surface area contributed by atoms with E-state index in [-0.39, 0.29) is 17.5 Å². The van der Waals surface area contributed by atoms with E-state index in [1.54, 1.807) is 23.4 Å². The van der Waals surface area contributed by atoms with Gasteiger partial charge in [-0.05, 0) is 49.4 Å². The number of urea groups is 1. The lowest BCUT2D eigenvalue weighted by molar-refractivity contribution is 0.229. The third-order valence-corrected chi connectivity index (χ3v) is 6.72. The molecule has 2 amide bonds. The van der Waals surface area contributed by atoms with Crippen molar-refractivity contribution in [3.05, 3.63) is 84.3 Å². The Labute approximate surface area is 225 Å². The second kappa shape index (κ2) is 11.3. The molecule has 0 atom stereocenters. The van der Waals surface area contributed by atoms with Crippen LogP contribution in [-0.4, -0.2) is 35.9 Å². The summed E-state index contributed by atoms with van der Waals surface area (Å²) in [6.45, 7) is 0.373. The number of halogens is 1. The average Bonchev–Trinajstić information content (AvgIpc) is 3.39. The van der Waals surface area contributed by atoms with Gasteiger partial charge in [-0.15, -0.1) is 0 Å². The Morgan fingerprint density at radius 1 is 1.08 bits per heavy atom. The lowest BCUT2D eigenvalue weighted by atomic mass is 9.87. The van der Waals surface area contributed by atoms with Crippen molar-refractivity contribution in [1.82, 2.24) is 29.6 Å². The van der Waals surface area contributed by atoms with Gasteiger partial charge in [0.15, 0.2) is 0 Å². The minimum Gasteiger partial charge on any atom is -0.334 e. The predicted octanol–water partition coefficient (Wildman–Crippen LogP) is 5.10. The van der Waals surface area contributed by atoms with Crippen LogP contribution in [0, 0.1) is 11.3 Å². The summed E-state index contributed by atoms with van der Waals surface area (Å²) >= 11 is 5.95. The van der Waals surface area contributed by atoms with Crippen LogP contribution in [-0.2, 0) is 6.54 Å². The van der Waals surface area contributed by atoms with E-state index in [1.165, 1.54) is 6.20 Å². The number of carbonyl (C=O) groups excluding carboxylic acids is 1. The number of amides is 2. The summed E-state index contributed by atoms with van der Waals surface area (Å²) in [4.78, 5) is 29.1. The number of aromatic nitrogens is 5. The Bertz CT molecular complexity index is 1430. The van der Waals surface area contributed by atoms with Crippen molar-refractivity contribution in [2.45, 2.75) is 44.3 Å². The summed E-state index contributed by atoms with van der Waals surface area (Å²) in [6.07, 6.45) is 8.88. The fraction of sp³-hybridized carbons (Fsp3) is 0.259. The quantitative estimate of drug-likeness (QED) is 0.320. The third-order valence-electron chi connectivity index (χ3n) is 6.53. The van der Waals surface area contributed by atoms with E-state index in [2.05, 4.69) is 36.8 Å². The standard InChI is InChI=1S/C27H26ClN9O/c28-36-16-12-22(35-36)24-21(17-29)19-31-25(33-24)34-27(13-6-2-7-14-27)37(23-11-5-8-15-30-23)26(38)32-18-20-9-3-1-4-10-20/h1,3-5,8-12,15-16,19H,2,6-7,13-14,18H2,(H,32,38)(H,31,33,34). The summed E-state index contributed by atoms with van der Waals surface area (Å²) < 4.78 is 1.13. The molecule has 0 radical (unpaired) electrons. The molecule has 0 bridgehead atoms. The number of nitrogens with zero attached hydrogens (tertiary/aromatic N) is 7. The molecule has 5 rings (SSSR count). The molecule has 38 heavy (non-hydrogen) atoms. The molecule has 11 heteroatoms. The van der Waals surface area contributed by atoms with Crippen LogP contribution in [0.4, 0.5) is 16.6 Å². The van der Waals surface area contributed by atoms with Crippen LogP contribution in [0.1, 0.15) is 43.2 Å². The molecule has 4 aromatic rings. The van der Waals surface area contributed by atoms with Gasteiger partial charge in [-0.1, -0.05) is 42.8 Å². The third kappa shape index (κ3) is 5.43. The van der Waals surface area contributed by atoms with Gasteiger partial charge in [-0.25, -0.2) is 19.7 Å². The molecular weight excluding hydrogens is 502 g/mol. The van der Waals surface area contributed by atoms with Crippen LogP contribution in [0.5, 0.6) is 0 Å². The highest BCUT2D eigenvalue weighted by Gasteiger charge is 2.43. The molecule has 1 aliphatic rings. The van der Waals surface area contributed by atoms with Crippen LogP contribution < -0.4 is 15.5 Å². The molecule has 192 valence electrons. The van der Waals surface area contributed by atoms with Gasteiger partial charge in [0.05, 0.1) is 11.8 Å². The van der Waals surface area contributed by atoms with E-state index in [0.717, 1.165) is 29.0 Å². The van der Waals surface area contributed by atoms with Crippen molar-refractivity contribution in [2.75, 3.05) is 10.2 Å². The summed E-state index contributed by atoms with van der Waals surface area (Å²) in [7, 11) is 0. The van der Waals surface area contributed by atoms with E-state index in [0.29, 0.717) is 36.6 Å². The highest BCUT2D eigenvalue weighted by Crippen LogP contribution is 2.37. The van der Waals surface area contributed by atoms with Crippen LogP contribution in [0.25, 0.3) is 11.4 Å². The molecule has 1 aliphatic carbocycles. The Hall–Kier alpha value is -4.49. The van der Waals surface area contributed by atoms with Gasteiger partial charge in [-0.3, -0.25) is 4.90 Å². The number of rotatable bonds is 7. The maximum absolute atomic E-state index is 13.8. The Morgan fingerprint density at radius 3 is 2.55 bits per heavy atom. The van der Waals surface area contributed by atoms with E-state index in [4.69, 9.17) is 11.8 Å². The minimum absolute atomic E-state index is 0.269. The summed E-state index contributed by atoms with van der Waals surface area (Å²) in [5.74, 6) is 0.795. The van der Waals surface area contributed by atoms with Crippen molar-refractivity contribution in [3.63, 3.8) is 0 Å². The van der Waals surface area contributed by atoms with Gasteiger partial charge in [-0.2, -0.15) is 14.6 Å². The SMILES string of the molecule is N#Cc1cnc(NC2(N(C(=O)NCc3ccccc3)c3ccccn3)CCCCC2)nc1-c1ccn(Cl)n1. The van der Waals surface area contributed by atoms with Gasteiger partial charge in [0.25, 0.3) is 0 Å². The first-order valence-corrected chi connectivity index (χ1v) is 12.7. The lowest BCUT2D eigenvalue weighted by Crippen LogP contribution is -2.61. The van der Waals surface area contributed by atoms with Crippen molar-refractivity contribution in [2.24, 2.45) is 0 Å². The normalized spacial score (nSPS) is 14.3. The number of nitrogens with one attached hydrogen (secondary N) is 2. The van der Waals surface area contributed by atoms with E-state index >= 15 is 0 Å². The molecule has 3 heterocycles. The fourth-order valence-electron chi connectivity index (χ4n) is 4.75. The monoisotopic (exact) mass is 527 g/mol. The highest BCUT2D eigenvalue weighted by atomic mass is 35.5. The van der Waals surface area contributed by atoms with Gasteiger partial charge in [0.2, 0.25) is 5.95 Å². The van der Waals surface area contributed by atoms with Crippen molar-refractivity contribution < 1.29 is 4.79 Å². The average molecular weight is 528 g/mol. The Morgan fingerprint density at radius 2 is 1.87 bits per heavy atom. The number of nitriles is 1. The van der Waals surface area contributed by atoms with Crippen molar-refractivity contribution >= 4 is 29.6 Å². The summed E-state index contributed by atoms with van der Waals surface area (Å²) in [5.41, 5.74) is 1.22. The molecule has 0 saturated heterocycles. The predicted molar refractivity (Wildman–Crippen MR) is 144 cm³/mol. The molecule has 3 aromatic heterocycles. The second-order valence-corrected chi connectivity index (χ2v) is 9.39. The molecule has 0 unspecified atom stereocenters. The number of carbonyl (C=O) groups is 1. The van der Waals surface area contributed by atoms with Crippen LogP contribution in [0.3, 0.4) is 0 Å². The Balaban J connectivity index is 1.52. The molecule has 2 N–H and O–H groups in total. The first kappa shape index (κ1) is 25.2. The molecule has 0 aliphatic heterocycles. The number of anilines is 2. The smallest absolute Gasteiger partial charge is 0.325 e. The summed E-state index contributed by atoms with van der Waals surface area (Å²) in [6, 6.07) is 18.7. The van der Waals surface area contributed by atoms with Crippen LogP contribution in [0.2, 0.25) is 0 Å². The molecule has 0 spiro atoms. The van der Waals surface area contributed by atoms with E-state index in [1.807, 2.05) is 48.5 Å². The number of hydrogen-bond donors (Lipinski definition) is 2. The topological polar surface area (TPSA) is 125 Å². The second-order valence-electron chi connectivity index (χ2n) is 9.04. The first-order valence-electron chi connectivity index (χ1n) is 12.4. The molecular formula is C27H26ClN9O. The van der Waals surface area contributed by atoms with Gasteiger partial charge < -0.3 is 10.6 Å². The van der Waals surface area contributed by atoms with E-state index in [9.17, 15) is 10.1 Å². The maximum atomic E-state index is 13.8. The zero-order chi connectivity index (χ0) is 26.4. The van der Waals surface area contributed by atoms with Crippen LogP contribution in [0.15, 0.2) is 73.2 Å². The highest BCUT2D eigenvalue weighted by molar-refractivity contribution is 6.14. The lowest BCUT2D eigenvalue weighted by Gasteiger charge is -2.46. The number of hydrogen-bond acceptors (Lipinski definition) is 7. The zero-order valence-corrected chi connectivity index (χ0v) is 21.3. The minimum atomic E-state index is -0.843. The largest absolute Gasteiger partial charge is 0.334 e. The summed E-state index contributed by atoms with van der Waals surface area (Å²) in [5, 5.41) is 20.3. The van der Waals surface area contributed by atoms with Gasteiger partial charge >= 0.3 is 6.03 Å². The van der Waals surface area contributed by atoms with Gasteiger partial charge in [0.1, 0.15) is 28.9 Å². The van der Waals surface area contributed by atoms with Gasteiger partial charge in [0, 0.05) is 30.7 Å².